The van der Waals surface area contributed by atoms with Gasteiger partial charge in [-0.05, 0) is 11.4 Å². The highest BCUT2D eigenvalue weighted by Gasteiger charge is 2.07. The van der Waals surface area contributed by atoms with Crippen LogP contribution in [0.15, 0.2) is 22.3 Å². The van der Waals surface area contributed by atoms with Crippen LogP contribution in [0, 0.1) is 0 Å². The van der Waals surface area contributed by atoms with Crippen molar-refractivity contribution in [1.82, 2.24) is 4.98 Å². The lowest BCUT2D eigenvalue weighted by Crippen LogP contribution is -2.13. The standard InChI is InChI=1S/C9H8F2N2OS/c10-7(11)4-12-6-3-8(14)13-5-1-2-15-9(5)6/h1-3,7H,4H2,(H2,12,13,14). The fourth-order valence-corrected chi connectivity index (χ4v) is 2.14. The molecule has 0 atom stereocenters. The van der Waals surface area contributed by atoms with Gasteiger partial charge in [0.15, 0.2) is 0 Å². The van der Waals surface area contributed by atoms with Gasteiger partial charge in [-0.15, -0.1) is 11.3 Å². The first-order valence-corrected chi connectivity index (χ1v) is 5.17. The molecule has 3 nitrogen and oxygen atoms in total. The van der Waals surface area contributed by atoms with Crippen LogP contribution in [0.5, 0.6) is 0 Å². The molecule has 0 aromatic carbocycles. The lowest BCUT2D eigenvalue weighted by molar-refractivity contribution is 0.163. The number of aromatic nitrogens is 1. The molecule has 0 bridgehead atoms. The van der Waals surface area contributed by atoms with E-state index in [1.807, 2.05) is 0 Å². The van der Waals surface area contributed by atoms with E-state index in [-0.39, 0.29) is 5.56 Å². The Bertz CT molecular complexity index is 520. The van der Waals surface area contributed by atoms with Gasteiger partial charge in [0.2, 0.25) is 0 Å². The molecule has 0 radical (unpaired) electrons. The van der Waals surface area contributed by atoms with Crippen molar-refractivity contribution in [2.45, 2.75) is 6.43 Å². The summed E-state index contributed by atoms with van der Waals surface area (Å²) in [6.45, 7) is -0.448. The first-order valence-electron chi connectivity index (χ1n) is 4.29. The molecule has 2 rings (SSSR count). The molecule has 2 aromatic rings. The van der Waals surface area contributed by atoms with E-state index >= 15 is 0 Å². The normalized spacial score (nSPS) is 11.1. The fourth-order valence-electron chi connectivity index (χ4n) is 1.30. The monoisotopic (exact) mass is 230 g/mol. The van der Waals surface area contributed by atoms with Crippen molar-refractivity contribution in [3.05, 3.63) is 27.9 Å². The molecule has 15 heavy (non-hydrogen) atoms. The predicted molar refractivity (Wildman–Crippen MR) is 56.9 cm³/mol. The van der Waals surface area contributed by atoms with Gasteiger partial charge in [-0.2, -0.15) is 0 Å². The molecular weight excluding hydrogens is 222 g/mol. The molecule has 2 N–H and O–H groups in total. The first-order chi connectivity index (χ1) is 7.16. The minimum atomic E-state index is -2.43. The Kier molecular flexibility index (Phi) is 2.68. The van der Waals surface area contributed by atoms with E-state index in [0.717, 1.165) is 4.70 Å². The summed E-state index contributed by atoms with van der Waals surface area (Å²) >= 11 is 1.40. The van der Waals surface area contributed by atoms with Crippen molar-refractivity contribution < 1.29 is 8.78 Å². The first kappa shape index (κ1) is 10.1. The number of anilines is 1. The van der Waals surface area contributed by atoms with Gasteiger partial charge in [0.05, 0.1) is 22.4 Å². The summed E-state index contributed by atoms with van der Waals surface area (Å²) in [6, 6.07) is 3.04. The Morgan fingerprint density at radius 2 is 2.33 bits per heavy atom. The summed E-state index contributed by atoms with van der Waals surface area (Å²) in [5.41, 5.74) is 0.839. The highest BCUT2D eigenvalue weighted by molar-refractivity contribution is 7.17. The Labute approximate surface area is 87.7 Å². The quantitative estimate of drug-likeness (QED) is 0.849. The molecule has 0 fully saturated rings. The highest BCUT2D eigenvalue weighted by Crippen LogP contribution is 2.25. The van der Waals surface area contributed by atoms with Gasteiger partial charge >= 0.3 is 0 Å². The minimum absolute atomic E-state index is 0.294. The zero-order valence-corrected chi connectivity index (χ0v) is 8.41. The third-order valence-corrected chi connectivity index (χ3v) is 2.84. The predicted octanol–water partition coefficient (Wildman–Crippen LogP) is 2.27. The molecule has 0 saturated heterocycles. The molecule has 0 unspecified atom stereocenters. The highest BCUT2D eigenvalue weighted by atomic mass is 32.1. The Hall–Kier alpha value is -1.43. The Morgan fingerprint density at radius 3 is 3.07 bits per heavy atom. The van der Waals surface area contributed by atoms with Crippen LogP contribution in [-0.2, 0) is 0 Å². The summed E-state index contributed by atoms with van der Waals surface area (Å²) in [7, 11) is 0. The molecule has 0 aliphatic carbocycles. The second-order valence-corrected chi connectivity index (χ2v) is 3.90. The number of fused-ring (bicyclic) bond motifs is 1. The lowest BCUT2D eigenvalue weighted by Gasteiger charge is -2.05. The molecule has 0 aliphatic rings. The number of nitrogens with one attached hydrogen (secondary N) is 2. The second kappa shape index (κ2) is 3.98. The van der Waals surface area contributed by atoms with E-state index in [1.54, 1.807) is 11.4 Å². The molecule has 0 amide bonds. The second-order valence-electron chi connectivity index (χ2n) is 2.98. The van der Waals surface area contributed by atoms with E-state index in [9.17, 15) is 13.6 Å². The summed E-state index contributed by atoms with van der Waals surface area (Å²) in [6.07, 6.45) is -2.43. The molecule has 80 valence electrons. The van der Waals surface area contributed by atoms with E-state index in [2.05, 4.69) is 10.3 Å². The number of H-pyrrole nitrogens is 1. The fraction of sp³-hybridized carbons (Fsp3) is 0.222. The van der Waals surface area contributed by atoms with Gasteiger partial charge in [0.25, 0.3) is 12.0 Å². The van der Waals surface area contributed by atoms with Crippen LogP contribution in [0.3, 0.4) is 0 Å². The number of aromatic amines is 1. The minimum Gasteiger partial charge on any atom is -0.378 e. The molecule has 2 heterocycles. The van der Waals surface area contributed by atoms with Gasteiger partial charge in [-0.1, -0.05) is 0 Å². The average molecular weight is 230 g/mol. The Morgan fingerprint density at radius 1 is 1.53 bits per heavy atom. The summed E-state index contributed by atoms with van der Waals surface area (Å²) < 4.78 is 24.8. The largest absolute Gasteiger partial charge is 0.378 e. The van der Waals surface area contributed by atoms with Crippen molar-refractivity contribution in [1.29, 1.82) is 0 Å². The van der Waals surface area contributed by atoms with Crippen molar-refractivity contribution >= 4 is 27.2 Å². The zero-order chi connectivity index (χ0) is 10.8. The van der Waals surface area contributed by atoms with Gasteiger partial charge in [-0.3, -0.25) is 4.79 Å². The number of rotatable bonds is 3. The topological polar surface area (TPSA) is 44.9 Å². The average Bonchev–Trinajstić information content (AvgIpc) is 2.61. The molecule has 0 spiro atoms. The summed E-state index contributed by atoms with van der Waals surface area (Å²) in [4.78, 5) is 13.8. The smallest absolute Gasteiger partial charge is 0.255 e. The molecule has 0 saturated carbocycles. The number of hydrogen-bond acceptors (Lipinski definition) is 3. The van der Waals surface area contributed by atoms with Gasteiger partial charge in [0, 0.05) is 6.07 Å². The maximum Gasteiger partial charge on any atom is 0.255 e. The van der Waals surface area contributed by atoms with Crippen molar-refractivity contribution in [2.75, 3.05) is 11.9 Å². The summed E-state index contributed by atoms with van der Waals surface area (Å²) in [5.74, 6) is 0. The zero-order valence-electron chi connectivity index (χ0n) is 7.59. The third-order valence-electron chi connectivity index (χ3n) is 1.89. The van der Waals surface area contributed by atoms with Crippen molar-refractivity contribution in [3.8, 4) is 0 Å². The maximum atomic E-state index is 12.0. The van der Waals surface area contributed by atoms with Crippen LogP contribution in [0.2, 0.25) is 0 Å². The molecule has 0 aliphatic heterocycles. The molecule has 6 heteroatoms. The maximum absolute atomic E-state index is 12.0. The van der Waals surface area contributed by atoms with Gasteiger partial charge in [0.1, 0.15) is 0 Å². The Balaban J connectivity index is 2.40. The van der Waals surface area contributed by atoms with E-state index in [1.165, 1.54) is 17.4 Å². The number of halogens is 2. The summed E-state index contributed by atoms with van der Waals surface area (Å²) in [5, 5.41) is 4.35. The van der Waals surface area contributed by atoms with Crippen molar-refractivity contribution in [2.24, 2.45) is 0 Å². The molecule has 2 aromatic heterocycles. The number of thiophene rings is 1. The van der Waals surface area contributed by atoms with Gasteiger partial charge in [-0.25, -0.2) is 8.78 Å². The molecular formula is C9H8F2N2OS. The van der Waals surface area contributed by atoms with E-state index in [0.29, 0.717) is 11.2 Å². The third kappa shape index (κ3) is 2.15. The van der Waals surface area contributed by atoms with Crippen LogP contribution < -0.4 is 10.9 Å². The van der Waals surface area contributed by atoms with Crippen LogP contribution in [0.4, 0.5) is 14.5 Å². The van der Waals surface area contributed by atoms with E-state index in [4.69, 9.17) is 0 Å². The lowest BCUT2D eigenvalue weighted by atomic mass is 10.3. The number of alkyl halides is 2. The number of pyridine rings is 1. The van der Waals surface area contributed by atoms with Crippen LogP contribution >= 0.6 is 11.3 Å². The van der Waals surface area contributed by atoms with Crippen molar-refractivity contribution in [3.63, 3.8) is 0 Å². The number of hydrogen-bond donors (Lipinski definition) is 2. The SMILES string of the molecule is O=c1cc(NCC(F)F)c2sccc2[nH]1. The van der Waals surface area contributed by atoms with Crippen LogP contribution in [0.1, 0.15) is 0 Å². The van der Waals surface area contributed by atoms with Gasteiger partial charge < -0.3 is 10.3 Å². The van der Waals surface area contributed by atoms with Crippen LogP contribution in [-0.4, -0.2) is 18.0 Å². The van der Waals surface area contributed by atoms with Crippen LogP contribution in [0.25, 0.3) is 10.2 Å². The van der Waals surface area contributed by atoms with E-state index < -0.39 is 13.0 Å².